The molecule has 4 nitrogen and oxygen atoms in total. The van der Waals surface area contributed by atoms with Crippen molar-refractivity contribution in [2.75, 3.05) is 0 Å². The summed E-state index contributed by atoms with van der Waals surface area (Å²) >= 11 is 0. The topological polar surface area (TPSA) is 69.9 Å². The summed E-state index contributed by atoms with van der Waals surface area (Å²) in [5.41, 5.74) is 0.165. The molecule has 0 aromatic heterocycles. The van der Waals surface area contributed by atoms with Crippen LogP contribution >= 0.6 is 0 Å². The van der Waals surface area contributed by atoms with Gasteiger partial charge in [-0.2, -0.15) is 0 Å². The molecular weight excluding hydrogens is 183 g/mol. The summed E-state index contributed by atoms with van der Waals surface area (Å²) in [5, 5.41) is 27.2. The Morgan fingerprint density at radius 3 is 2.43 bits per heavy atom. The predicted molar refractivity (Wildman–Crippen MR) is 53.7 cm³/mol. The number of hydrogen-bond donors (Lipinski definition) is 3. The highest BCUT2D eigenvalue weighted by Gasteiger charge is 2.18. The molecule has 0 aliphatic heterocycles. The lowest BCUT2D eigenvalue weighted by Crippen LogP contribution is -2.32. The van der Waals surface area contributed by atoms with Gasteiger partial charge in [0.25, 0.3) is 0 Å². The van der Waals surface area contributed by atoms with Gasteiger partial charge in [0.1, 0.15) is 11.5 Å². The third-order valence-corrected chi connectivity index (χ3v) is 1.63. The molecule has 0 fully saturated rings. The molecule has 0 radical (unpaired) electrons. The first-order chi connectivity index (χ1) is 6.50. The van der Waals surface area contributed by atoms with E-state index in [0.717, 1.165) is 0 Å². The van der Waals surface area contributed by atoms with Crippen LogP contribution < -0.4 is 10.2 Å². The van der Waals surface area contributed by atoms with Crippen LogP contribution in [0.5, 0.6) is 11.5 Å². The van der Waals surface area contributed by atoms with E-state index in [1.807, 2.05) is 13.8 Å². The normalized spacial score (nSPS) is 10.4. The van der Waals surface area contributed by atoms with Gasteiger partial charge in [0, 0.05) is 5.46 Å². The smallest absolute Gasteiger partial charge is 0.492 e. The number of rotatable bonds is 3. The fourth-order valence-electron chi connectivity index (χ4n) is 1.10. The average molecular weight is 196 g/mol. The lowest BCUT2D eigenvalue weighted by atomic mass is 9.79. The Kier molecular flexibility index (Phi) is 3.38. The zero-order valence-electron chi connectivity index (χ0n) is 8.14. The average Bonchev–Trinajstić information content (AvgIpc) is 2.07. The summed E-state index contributed by atoms with van der Waals surface area (Å²) in [7, 11) is -1.64. The van der Waals surface area contributed by atoms with Crippen LogP contribution in [-0.4, -0.2) is 28.4 Å². The number of ether oxygens (including phenoxy) is 1. The van der Waals surface area contributed by atoms with Crippen molar-refractivity contribution >= 4 is 12.6 Å². The highest BCUT2D eigenvalue weighted by Crippen LogP contribution is 2.15. The van der Waals surface area contributed by atoms with E-state index in [4.69, 9.17) is 19.9 Å². The minimum Gasteiger partial charge on any atom is -0.508 e. The number of hydrogen-bond acceptors (Lipinski definition) is 4. The van der Waals surface area contributed by atoms with Gasteiger partial charge in [-0.25, -0.2) is 0 Å². The van der Waals surface area contributed by atoms with E-state index in [-0.39, 0.29) is 17.3 Å². The van der Waals surface area contributed by atoms with Crippen LogP contribution in [0.4, 0.5) is 0 Å². The van der Waals surface area contributed by atoms with Gasteiger partial charge in [-0.05, 0) is 32.0 Å². The Hall–Kier alpha value is -1.20. The van der Waals surface area contributed by atoms with Crippen LogP contribution in [0, 0.1) is 0 Å². The first kappa shape index (κ1) is 10.9. The van der Waals surface area contributed by atoms with Gasteiger partial charge in [0.15, 0.2) is 0 Å². The highest BCUT2D eigenvalue weighted by atomic mass is 16.5. The first-order valence-corrected chi connectivity index (χ1v) is 4.36. The quantitative estimate of drug-likeness (QED) is 0.588. The first-order valence-electron chi connectivity index (χ1n) is 4.36. The Labute approximate surface area is 82.9 Å². The van der Waals surface area contributed by atoms with Crippen molar-refractivity contribution in [1.82, 2.24) is 0 Å². The molecule has 0 atom stereocenters. The molecule has 0 aliphatic rings. The molecule has 0 spiro atoms. The van der Waals surface area contributed by atoms with Crippen molar-refractivity contribution in [2.24, 2.45) is 0 Å². The summed E-state index contributed by atoms with van der Waals surface area (Å²) in [6.45, 7) is 3.67. The molecule has 1 rings (SSSR count). The van der Waals surface area contributed by atoms with Gasteiger partial charge in [-0.15, -0.1) is 0 Å². The van der Waals surface area contributed by atoms with Crippen LogP contribution in [0.2, 0.25) is 0 Å². The summed E-state index contributed by atoms with van der Waals surface area (Å²) in [6.07, 6.45) is -0.0583. The van der Waals surface area contributed by atoms with Crippen LogP contribution in [0.3, 0.4) is 0 Å². The van der Waals surface area contributed by atoms with Gasteiger partial charge in [-0.3, -0.25) is 0 Å². The number of benzene rings is 1. The van der Waals surface area contributed by atoms with Crippen molar-refractivity contribution in [3.05, 3.63) is 18.2 Å². The van der Waals surface area contributed by atoms with Crippen LogP contribution in [0.1, 0.15) is 13.8 Å². The fraction of sp³-hybridized carbons (Fsp3) is 0.333. The molecule has 76 valence electrons. The van der Waals surface area contributed by atoms with Crippen molar-refractivity contribution in [2.45, 2.75) is 20.0 Å². The van der Waals surface area contributed by atoms with E-state index in [1.165, 1.54) is 18.2 Å². The second-order valence-corrected chi connectivity index (χ2v) is 3.26. The molecule has 3 N–H and O–H groups in total. The minimum atomic E-state index is -1.64. The Morgan fingerprint density at radius 2 is 1.93 bits per heavy atom. The maximum atomic E-state index is 9.14. The van der Waals surface area contributed by atoms with E-state index in [1.54, 1.807) is 0 Å². The monoisotopic (exact) mass is 196 g/mol. The molecule has 1 aromatic carbocycles. The maximum Gasteiger partial charge on any atom is 0.492 e. The Bertz CT molecular complexity index is 312. The molecule has 14 heavy (non-hydrogen) atoms. The van der Waals surface area contributed by atoms with E-state index in [0.29, 0.717) is 5.75 Å². The number of aromatic hydroxyl groups is 1. The molecule has 0 unspecified atom stereocenters. The van der Waals surface area contributed by atoms with Crippen molar-refractivity contribution < 1.29 is 19.9 Å². The number of phenols is 1. The Balaban J connectivity index is 3.02. The van der Waals surface area contributed by atoms with E-state index in [2.05, 4.69) is 0 Å². The zero-order valence-corrected chi connectivity index (χ0v) is 8.14. The van der Waals surface area contributed by atoms with E-state index >= 15 is 0 Å². The summed E-state index contributed by atoms with van der Waals surface area (Å²) < 4.78 is 5.33. The largest absolute Gasteiger partial charge is 0.508 e. The van der Waals surface area contributed by atoms with Gasteiger partial charge >= 0.3 is 7.12 Å². The van der Waals surface area contributed by atoms with Gasteiger partial charge in [0.2, 0.25) is 0 Å². The van der Waals surface area contributed by atoms with E-state index < -0.39 is 7.12 Å². The van der Waals surface area contributed by atoms with Crippen LogP contribution in [0.15, 0.2) is 18.2 Å². The SMILES string of the molecule is CC(C)Oc1ccc(O)cc1B(O)O. The predicted octanol–water partition coefficient (Wildman–Crippen LogP) is -0.141. The lowest BCUT2D eigenvalue weighted by Gasteiger charge is -2.13. The Morgan fingerprint density at radius 1 is 1.29 bits per heavy atom. The molecule has 1 aromatic rings. The number of phenolic OH excluding ortho intramolecular Hbond substituents is 1. The second-order valence-electron chi connectivity index (χ2n) is 3.26. The molecule has 0 bridgehead atoms. The summed E-state index contributed by atoms with van der Waals surface area (Å²) in [5.74, 6) is 0.344. The molecule has 0 saturated carbocycles. The molecule has 0 heterocycles. The molecular formula is C9H13BO4. The molecule has 0 amide bonds. The standard InChI is InChI=1S/C9H13BO4/c1-6(2)14-9-4-3-7(11)5-8(9)10(12)13/h3-6,11-13H,1-2H3. The third-order valence-electron chi connectivity index (χ3n) is 1.63. The minimum absolute atomic E-state index is 0.0239. The van der Waals surface area contributed by atoms with E-state index in [9.17, 15) is 0 Å². The second kappa shape index (κ2) is 4.35. The van der Waals surface area contributed by atoms with Crippen LogP contribution in [0.25, 0.3) is 0 Å². The van der Waals surface area contributed by atoms with Crippen LogP contribution in [-0.2, 0) is 0 Å². The zero-order chi connectivity index (χ0) is 10.7. The summed E-state index contributed by atoms with van der Waals surface area (Å²) in [6, 6.07) is 4.20. The molecule has 0 aliphatic carbocycles. The van der Waals surface area contributed by atoms with Gasteiger partial charge in [0.05, 0.1) is 6.10 Å². The summed E-state index contributed by atoms with van der Waals surface area (Å²) in [4.78, 5) is 0. The maximum absolute atomic E-state index is 9.14. The highest BCUT2D eigenvalue weighted by molar-refractivity contribution is 6.59. The lowest BCUT2D eigenvalue weighted by molar-refractivity contribution is 0.243. The molecule has 0 saturated heterocycles. The van der Waals surface area contributed by atoms with Gasteiger partial charge < -0.3 is 19.9 Å². The van der Waals surface area contributed by atoms with Crippen molar-refractivity contribution in [3.8, 4) is 11.5 Å². The van der Waals surface area contributed by atoms with Crippen molar-refractivity contribution in [1.29, 1.82) is 0 Å². The fourth-order valence-corrected chi connectivity index (χ4v) is 1.10. The molecule has 5 heteroatoms. The third kappa shape index (κ3) is 2.65. The van der Waals surface area contributed by atoms with Gasteiger partial charge in [-0.1, -0.05) is 0 Å². The van der Waals surface area contributed by atoms with Crippen molar-refractivity contribution in [3.63, 3.8) is 0 Å².